The van der Waals surface area contributed by atoms with Crippen LogP contribution in [0.1, 0.15) is 78.5 Å². The van der Waals surface area contributed by atoms with Crippen molar-refractivity contribution in [1.29, 1.82) is 0 Å². The van der Waals surface area contributed by atoms with Crippen LogP contribution in [0.4, 0.5) is 23.7 Å². The number of halogens is 5. The second kappa shape index (κ2) is 27.3. The maximum atomic E-state index is 13.6. The molecule has 7 amide bonds. The van der Waals surface area contributed by atoms with Crippen LogP contribution in [-0.4, -0.2) is 99.1 Å². The summed E-state index contributed by atoms with van der Waals surface area (Å²) < 4.78 is 42.2. The predicted molar refractivity (Wildman–Crippen MR) is 275 cm³/mol. The Morgan fingerprint density at radius 2 is 1.72 bits per heavy atom. The summed E-state index contributed by atoms with van der Waals surface area (Å²) in [5.41, 5.74) is 13.9. The molecule has 2 saturated heterocycles. The van der Waals surface area contributed by atoms with E-state index in [1.165, 1.54) is 68.7 Å². The predicted octanol–water partition coefficient (Wildman–Crippen LogP) is 8.21. The highest BCUT2D eigenvalue weighted by atomic mass is 35.5. The molecule has 0 saturated carbocycles. The smallest absolute Gasteiger partial charge is 0.356 e. The molecule has 3 heterocycles. The molecule has 0 bridgehead atoms. The number of alkyl halides is 3. The number of nitrogens with one attached hydrogen (secondary N) is 7. The monoisotopic (exact) mass is 1090 g/mol. The lowest BCUT2D eigenvalue weighted by Gasteiger charge is -2.19. The van der Waals surface area contributed by atoms with Crippen LogP contribution >= 0.6 is 56.6 Å². The number of thioether (sulfide) groups is 1. The van der Waals surface area contributed by atoms with Crippen molar-refractivity contribution in [1.82, 2.24) is 47.2 Å². The highest BCUT2D eigenvalue weighted by Crippen LogP contribution is 2.35. The van der Waals surface area contributed by atoms with E-state index in [1.54, 1.807) is 12.1 Å². The lowest BCUT2D eigenvalue weighted by atomic mass is 10.0. The van der Waals surface area contributed by atoms with Gasteiger partial charge in [-0.1, -0.05) is 74.5 Å². The molecule has 2 aliphatic rings. The third-order valence-electron chi connectivity index (χ3n) is 11.4. The number of azide groups is 1. The zero-order valence-electron chi connectivity index (χ0n) is 38.4. The maximum Gasteiger partial charge on any atom is 0.416 e. The van der Waals surface area contributed by atoms with Crippen LogP contribution in [0.3, 0.4) is 0 Å². The first-order valence-corrected chi connectivity index (χ1v) is 27.1. The second-order valence-corrected chi connectivity index (χ2v) is 21.4. The fourth-order valence-electron chi connectivity index (χ4n) is 7.72. The van der Waals surface area contributed by atoms with Gasteiger partial charge >= 0.3 is 12.2 Å². The number of hydrogen-bond donors (Lipinski definition) is 7. The third kappa shape index (κ3) is 16.9. The average molecular weight is 1090 g/mol. The summed E-state index contributed by atoms with van der Waals surface area (Å²) in [4.78, 5) is 78.4. The van der Waals surface area contributed by atoms with Gasteiger partial charge in [0.15, 0.2) is 0 Å². The summed E-state index contributed by atoms with van der Waals surface area (Å²) in [6.45, 7) is 0.684. The average Bonchev–Trinajstić information content (AvgIpc) is 4.02. The molecule has 4 atom stereocenters. The molecule has 0 spiro atoms. The molecule has 18 nitrogen and oxygen atoms in total. The van der Waals surface area contributed by atoms with Gasteiger partial charge in [-0.3, -0.25) is 39.5 Å². The summed E-state index contributed by atoms with van der Waals surface area (Å²) in [6, 6.07) is 13.1. The first-order chi connectivity index (χ1) is 34.6. The Kier molecular flexibility index (Phi) is 21.1. The van der Waals surface area contributed by atoms with Crippen molar-refractivity contribution in [2.75, 3.05) is 30.3 Å². The van der Waals surface area contributed by atoms with Crippen LogP contribution in [0, 0.1) is 0 Å². The lowest BCUT2D eigenvalue weighted by Crippen LogP contribution is -2.47. The lowest BCUT2D eigenvalue weighted by molar-refractivity contribution is -0.137. The number of nitrogens with zero attached hydrogens (tertiary/aromatic N) is 5. The van der Waals surface area contributed by atoms with Crippen LogP contribution in [-0.2, 0) is 31.9 Å². The van der Waals surface area contributed by atoms with E-state index in [-0.39, 0.29) is 60.3 Å². The quantitative estimate of drug-likeness (QED) is 0.00489. The number of hydrogen-bond acceptors (Lipinski definition) is 11. The molecule has 384 valence electrons. The molecule has 4 aromatic rings. The summed E-state index contributed by atoms with van der Waals surface area (Å²) >= 11 is 14.2. The summed E-state index contributed by atoms with van der Waals surface area (Å²) in [6.07, 6.45) is 2.15. The van der Waals surface area contributed by atoms with Crippen LogP contribution < -0.4 is 37.4 Å². The van der Waals surface area contributed by atoms with Crippen molar-refractivity contribution in [3.05, 3.63) is 110 Å². The number of amides is 7. The van der Waals surface area contributed by atoms with Gasteiger partial charge < -0.3 is 26.6 Å². The van der Waals surface area contributed by atoms with E-state index in [0.29, 0.717) is 75.7 Å². The Bertz CT molecular complexity index is 2680. The summed E-state index contributed by atoms with van der Waals surface area (Å²) in [5, 5.41) is 23.8. The van der Waals surface area contributed by atoms with Gasteiger partial charge in [0, 0.05) is 86.1 Å². The molecule has 7 N–H and O–H groups in total. The zero-order valence-corrected chi connectivity index (χ0v) is 42.4. The SMILES string of the molecule is [N-]=[N+]=Nc1ccc(C(=O)NC(CCCCNC(=O)CCCCC2SC[C@@H]3NC(=O)N[C@H]23)C(=O)NCCSSCCC(=O)NNC(=O)/C=C/c2nn(Cc3ccc(Cl)cc3Cl)c3cc(C(F)(F)F)ccc23)cc1. The van der Waals surface area contributed by atoms with E-state index in [9.17, 15) is 41.9 Å². The Balaban J connectivity index is 0.884. The van der Waals surface area contributed by atoms with Crippen LogP contribution in [0.5, 0.6) is 0 Å². The van der Waals surface area contributed by atoms with E-state index >= 15 is 0 Å². The molecule has 2 unspecified atom stereocenters. The molecule has 2 aliphatic heterocycles. The van der Waals surface area contributed by atoms with Gasteiger partial charge in [0.05, 0.1) is 35.4 Å². The fraction of sp³-hybridized carbons (Fsp3) is 0.413. The number of carbonyl (C=O) groups excluding carboxylic acids is 6. The van der Waals surface area contributed by atoms with Crippen LogP contribution in [0.2, 0.25) is 10.0 Å². The number of hydrazine groups is 1. The van der Waals surface area contributed by atoms with Gasteiger partial charge in [-0.2, -0.15) is 30.0 Å². The first kappa shape index (κ1) is 55.5. The zero-order chi connectivity index (χ0) is 51.6. The molecule has 6 rings (SSSR count). The molecule has 0 radical (unpaired) electrons. The van der Waals surface area contributed by atoms with E-state index in [2.05, 4.69) is 52.6 Å². The molecule has 3 aromatic carbocycles. The van der Waals surface area contributed by atoms with Crippen LogP contribution in [0.25, 0.3) is 27.4 Å². The van der Waals surface area contributed by atoms with E-state index in [4.69, 9.17) is 28.7 Å². The Morgan fingerprint density at radius 1 is 0.931 bits per heavy atom. The Hall–Kier alpha value is -5.78. The van der Waals surface area contributed by atoms with Gasteiger partial charge in [-0.05, 0) is 91.7 Å². The fourth-order valence-corrected chi connectivity index (χ4v) is 11.6. The third-order valence-corrected chi connectivity index (χ3v) is 15.9. The van der Waals surface area contributed by atoms with Crippen molar-refractivity contribution >= 4 is 115 Å². The van der Waals surface area contributed by atoms with E-state index in [0.717, 1.165) is 43.2 Å². The standard InChI is InChI=1S/C46H51Cl2F3N12O6S3/c47-30-12-8-28(33(48)24-30)25-63-37-23-29(46(49,50)51)11-15-32(37)34(61-63)16-17-40(65)59-60-41(66)18-21-71-72-22-20-54-44(68)35(55-43(67)27-9-13-31(14-10-27)58-62-52)5-3-4-19-53-39(64)7-2-1-6-38-42-36(26-70-38)56-45(69)57-42/h8-17,23-24,35-36,38,42H,1-7,18-22,25-26H2,(H,53,64)(H,54,68)(H,55,67)(H,59,65)(H,60,66)(H2,56,57,69)/b17-16+/t35?,36-,38?,42-/m0/s1. The number of benzene rings is 3. The van der Waals surface area contributed by atoms with Crippen molar-refractivity contribution in [2.45, 2.75) is 87.5 Å². The van der Waals surface area contributed by atoms with E-state index < -0.39 is 41.4 Å². The number of rotatable bonds is 25. The number of urea groups is 1. The molecular formula is C46H51Cl2F3N12O6S3. The highest BCUT2D eigenvalue weighted by Gasteiger charge is 2.42. The normalized spacial score (nSPS) is 16.6. The maximum absolute atomic E-state index is 13.6. The van der Waals surface area contributed by atoms with Gasteiger partial charge in [-0.25, -0.2) is 4.79 Å². The van der Waals surface area contributed by atoms with E-state index in [1.807, 2.05) is 11.8 Å². The van der Waals surface area contributed by atoms with Gasteiger partial charge in [0.2, 0.25) is 17.7 Å². The number of unbranched alkanes of at least 4 members (excludes halogenated alkanes) is 2. The van der Waals surface area contributed by atoms with Gasteiger partial charge in [0.25, 0.3) is 11.8 Å². The van der Waals surface area contributed by atoms with Crippen LogP contribution in [0.15, 0.2) is 71.9 Å². The topological polar surface area (TPSA) is 253 Å². The minimum absolute atomic E-state index is 0.0195. The number of aromatic nitrogens is 2. The van der Waals surface area contributed by atoms with Gasteiger partial charge in [-0.15, -0.1) is 0 Å². The Morgan fingerprint density at radius 3 is 2.49 bits per heavy atom. The first-order valence-electron chi connectivity index (χ1n) is 22.8. The minimum atomic E-state index is -4.60. The largest absolute Gasteiger partial charge is 0.416 e. The van der Waals surface area contributed by atoms with Crippen molar-refractivity contribution in [2.24, 2.45) is 5.11 Å². The van der Waals surface area contributed by atoms with Crippen molar-refractivity contribution < 1.29 is 41.9 Å². The van der Waals surface area contributed by atoms with Crippen molar-refractivity contribution in [3.63, 3.8) is 0 Å². The van der Waals surface area contributed by atoms with Gasteiger partial charge in [0.1, 0.15) is 6.04 Å². The minimum Gasteiger partial charge on any atom is -0.356 e. The second-order valence-electron chi connectivity index (χ2n) is 16.5. The molecule has 0 aliphatic carbocycles. The number of fused-ring (bicyclic) bond motifs is 2. The summed E-state index contributed by atoms with van der Waals surface area (Å²) in [7, 11) is 2.78. The number of carbonyl (C=O) groups is 6. The molecule has 72 heavy (non-hydrogen) atoms. The molecule has 2 fully saturated rings. The Labute approximate surface area is 434 Å². The van der Waals surface area contributed by atoms with Crippen molar-refractivity contribution in [3.8, 4) is 0 Å². The molecule has 26 heteroatoms. The summed E-state index contributed by atoms with van der Waals surface area (Å²) in [5.74, 6) is -0.422. The molecule has 1 aromatic heterocycles. The highest BCUT2D eigenvalue weighted by molar-refractivity contribution is 8.76. The molecular weight excluding hydrogens is 1040 g/mol.